The van der Waals surface area contributed by atoms with Gasteiger partial charge in [-0.05, 0) is 25.6 Å². The summed E-state index contributed by atoms with van der Waals surface area (Å²) < 4.78 is 0. The number of thiophene rings is 1. The average Bonchev–Trinajstić information content (AvgIpc) is 2.83. The van der Waals surface area contributed by atoms with Crippen molar-refractivity contribution in [2.75, 3.05) is 13.1 Å². The summed E-state index contributed by atoms with van der Waals surface area (Å²) >= 11 is 0.933. The highest BCUT2D eigenvalue weighted by atomic mass is 32.1. The lowest BCUT2D eigenvalue weighted by Gasteiger charge is -2.26. The molecular formula is C12H18N2O4S. The summed E-state index contributed by atoms with van der Waals surface area (Å²) in [5.74, 6) is -0.963. The quantitative estimate of drug-likeness (QED) is 0.586. The fourth-order valence-corrected chi connectivity index (χ4v) is 2.83. The van der Waals surface area contributed by atoms with E-state index in [0.717, 1.165) is 24.2 Å². The van der Waals surface area contributed by atoms with Crippen LogP contribution in [0.15, 0.2) is 12.1 Å². The molecule has 1 unspecified atom stereocenters. The number of hydrogen-bond acceptors (Lipinski definition) is 5. The number of likely N-dealkylation sites (N-methyl/N-ethyl adjacent to an activating group) is 1. The van der Waals surface area contributed by atoms with Gasteiger partial charge in [-0.25, -0.2) is 0 Å². The van der Waals surface area contributed by atoms with E-state index in [0.29, 0.717) is 18.0 Å². The predicted molar refractivity (Wildman–Crippen MR) is 73.5 cm³/mol. The molecule has 0 saturated heterocycles. The van der Waals surface area contributed by atoms with Crippen molar-refractivity contribution in [1.82, 2.24) is 4.90 Å². The average molecular weight is 286 g/mol. The fourth-order valence-electron chi connectivity index (χ4n) is 1.88. The van der Waals surface area contributed by atoms with Crippen molar-refractivity contribution >= 4 is 22.3 Å². The highest BCUT2D eigenvalue weighted by Crippen LogP contribution is 2.32. The minimum atomic E-state index is -0.963. The molecule has 0 amide bonds. The number of carboxylic acids is 1. The first-order valence-corrected chi connectivity index (χ1v) is 7.03. The van der Waals surface area contributed by atoms with Crippen LogP contribution in [-0.4, -0.2) is 34.0 Å². The van der Waals surface area contributed by atoms with Gasteiger partial charge in [-0.1, -0.05) is 31.6 Å². The van der Waals surface area contributed by atoms with Crippen molar-refractivity contribution in [3.63, 3.8) is 0 Å². The maximum Gasteiger partial charge on any atom is 0.326 e. The van der Waals surface area contributed by atoms with Crippen molar-refractivity contribution in [1.29, 1.82) is 0 Å². The van der Waals surface area contributed by atoms with E-state index in [-0.39, 0.29) is 5.00 Å². The van der Waals surface area contributed by atoms with Crippen LogP contribution in [0.2, 0.25) is 0 Å². The van der Waals surface area contributed by atoms with Gasteiger partial charge >= 0.3 is 11.0 Å². The second-order valence-electron chi connectivity index (χ2n) is 4.16. The van der Waals surface area contributed by atoms with Gasteiger partial charge in [0.05, 0.1) is 4.92 Å². The van der Waals surface area contributed by atoms with E-state index in [9.17, 15) is 20.0 Å². The van der Waals surface area contributed by atoms with E-state index in [1.807, 2.05) is 18.7 Å². The van der Waals surface area contributed by atoms with E-state index >= 15 is 0 Å². The molecule has 106 valence electrons. The Labute approximate surface area is 115 Å². The maximum atomic E-state index is 11.4. The van der Waals surface area contributed by atoms with E-state index in [4.69, 9.17) is 0 Å². The number of aliphatic carboxylic acids is 1. The molecule has 0 aliphatic carbocycles. The molecule has 0 spiro atoms. The number of carboxylic acid groups (broad SMARTS) is 1. The Morgan fingerprint density at radius 3 is 2.63 bits per heavy atom. The van der Waals surface area contributed by atoms with E-state index in [1.54, 1.807) is 0 Å². The fraction of sp³-hybridized carbons (Fsp3) is 0.583. The third-order valence-electron chi connectivity index (χ3n) is 2.87. The summed E-state index contributed by atoms with van der Waals surface area (Å²) in [5, 5.41) is 20.0. The summed E-state index contributed by atoms with van der Waals surface area (Å²) in [6, 6.07) is 2.11. The topological polar surface area (TPSA) is 83.7 Å². The Hall–Kier alpha value is -1.47. The van der Waals surface area contributed by atoms with Crippen LogP contribution in [0.1, 0.15) is 37.6 Å². The molecule has 0 aliphatic rings. The summed E-state index contributed by atoms with van der Waals surface area (Å²) in [6.07, 6.45) is 1.89. The van der Waals surface area contributed by atoms with Crippen LogP contribution in [0.4, 0.5) is 5.00 Å². The normalized spacial score (nSPS) is 12.6. The zero-order valence-electron chi connectivity index (χ0n) is 11.0. The summed E-state index contributed by atoms with van der Waals surface area (Å²) in [4.78, 5) is 24.0. The molecule has 0 aliphatic heterocycles. The van der Waals surface area contributed by atoms with Crippen molar-refractivity contribution in [3.8, 4) is 0 Å². The van der Waals surface area contributed by atoms with Gasteiger partial charge in [-0.3, -0.25) is 19.8 Å². The molecular weight excluding hydrogens is 268 g/mol. The molecule has 1 heterocycles. The zero-order chi connectivity index (χ0) is 14.4. The smallest absolute Gasteiger partial charge is 0.326 e. The molecule has 1 atom stereocenters. The van der Waals surface area contributed by atoms with Crippen LogP contribution in [0.25, 0.3) is 0 Å². The van der Waals surface area contributed by atoms with Gasteiger partial charge in [0.1, 0.15) is 6.04 Å². The molecule has 19 heavy (non-hydrogen) atoms. The Kier molecular flexibility index (Phi) is 5.91. The van der Waals surface area contributed by atoms with E-state index in [2.05, 4.69) is 0 Å². The van der Waals surface area contributed by atoms with Gasteiger partial charge in [-0.15, -0.1) is 0 Å². The highest BCUT2D eigenvalue weighted by molar-refractivity contribution is 7.15. The molecule has 1 rings (SSSR count). The molecule has 0 fully saturated rings. The lowest BCUT2D eigenvalue weighted by molar-refractivity contribution is -0.380. The molecule has 6 nitrogen and oxygen atoms in total. The standard InChI is InChI=1S/C12H18N2O4S/c1-3-5-8-13(4-2)11(12(15)16)9-6-7-10(19-9)14(17)18/h6-7,11H,3-5,8H2,1-2H3,(H,15,16). The summed E-state index contributed by atoms with van der Waals surface area (Å²) in [7, 11) is 0. The van der Waals surface area contributed by atoms with Crippen LogP contribution in [0.5, 0.6) is 0 Å². The molecule has 7 heteroatoms. The third kappa shape index (κ3) is 4.00. The molecule has 0 radical (unpaired) electrons. The van der Waals surface area contributed by atoms with Crippen LogP contribution in [0, 0.1) is 10.1 Å². The highest BCUT2D eigenvalue weighted by Gasteiger charge is 2.29. The predicted octanol–water partition coefficient (Wildman–Crippen LogP) is 2.90. The minimum Gasteiger partial charge on any atom is -0.480 e. The first kappa shape index (κ1) is 15.6. The van der Waals surface area contributed by atoms with Crippen molar-refractivity contribution < 1.29 is 14.8 Å². The first-order valence-electron chi connectivity index (χ1n) is 6.22. The van der Waals surface area contributed by atoms with Gasteiger partial charge in [0, 0.05) is 10.9 Å². The van der Waals surface area contributed by atoms with Gasteiger partial charge in [0.15, 0.2) is 0 Å². The van der Waals surface area contributed by atoms with Crippen LogP contribution in [0.3, 0.4) is 0 Å². The zero-order valence-corrected chi connectivity index (χ0v) is 11.9. The first-order chi connectivity index (χ1) is 9.01. The molecule has 0 saturated carbocycles. The lowest BCUT2D eigenvalue weighted by Crippen LogP contribution is -2.34. The second kappa shape index (κ2) is 7.20. The molecule has 0 bridgehead atoms. The number of nitro groups is 1. The lowest BCUT2D eigenvalue weighted by atomic mass is 10.2. The maximum absolute atomic E-state index is 11.4. The van der Waals surface area contributed by atoms with Crippen LogP contribution in [-0.2, 0) is 4.79 Å². The number of nitrogens with zero attached hydrogens (tertiary/aromatic N) is 2. The number of rotatable bonds is 8. The Bertz CT molecular complexity index is 447. The van der Waals surface area contributed by atoms with Gasteiger partial charge in [0.2, 0.25) is 0 Å². The van der Waals surface area contributed by atoms with Crippen molar-refractivity contribution in [2.24, 2.45) is 0 Å². The molecule has 1 aromatic heterocycles. The van der Waals surface area contributed by atoms with Crippen LogP contribution < -0.4 is 0 Å². The third-order valence-corrected chi connectivity index (χ3v) is 3.96. The van der Waals surface area contributed by atoms with Gasteiger partial charge < -0.3 is 5.11 Å². The SMILES string of the molecule is CCCCN(CC)C(C(=O)O)c1ccc([N+](=O)[O-])s1. The van der Waals surface area contributed by atoms with Crippen LogP contribution >= 0.6 is 11.3 Å². The Morgan fingerprint density at radius 2 is 2.21 bits per heavy atom. The second-order valence-corrected chi connectivity index (χ2v) is 5.25. The summed E-state index contributed by atoms with van der Waals surface area (Å²) in [6.45, 7) is 5.21. The number of hydrogen-bond donors (Lipinski definition) is 1. The van der Waals surface area contributed by atoms with Gasteiger partial charge in [0.25, 0.3) is 0 Å². The van der Waals surface area contributed by atoms with Gasteiger partial charge in [-0.2, -0.15) is 0 Å². The van der Waals surface area contributed by atoms with E-state index in [1.165, 1.54) is 12.1 Å². The Morgan fingerprint density at radius 1 is 1.53 bits per heavy atom. The largest absolute Gasteiger partial charge is 0.480 e. The van der Waals surface area contributed by atoms with Crippen molar-refractivity contribution in [3.05, 3.63) is 27.1 Å². The Balaban J connectivity index is 2.97. The molecule has 1 aromatic rings. The van der Waals surface area contributed by atoms with Crippen molar-refractivity contribution in [2.45, 2.75) is 32.7 Å². The molecule has 1 N–H and O–H groups in total. The monoisotopic (exact) mass is 286 g/mol. The number of carbonyl (C=O) groups is 1. The number of unbranched alkanes of at least 4 members (excludes halogenated alkanes) is 1. The van der Waals surface area contributed by atoms with E-state index < -0.39 is 16.9 Å². The minimum absolute atomic E-state index is 0.0206. The summed E-state index contributed by atoms with van der Waals surface area (Å²) in [5.41, 5.74) is 0. The molecule has 0 aromatic carbocycles.